The number of anilines is 1. The van der Waals surface area contributed by atoms with Crippen molar-refractivity contribution in [2.45, 2.75) is 37.3 Å². The van der Waals surface area contributed by atoms with Crippen molar-refractivity contribution in [2.24, 2.45) is 0 Å². The summed E-state index contributed by atoms with van der Waals surface area (Å²) in [4.78, 5) is 24.7. The minimum atomic E-state index is -3.78. The van der Waals surface area contributed by atoms with E-state index in [-0.39, 0.29) is 17.0 Å². The lowest BCUT2D eigenvalue weighted by Gasteiger charge is -2.30. The number of para-hydroxylation sites is 1. The third-order valence-corrected chi connectivity index (χ3v) is 7.24. The van der Waals surface area contributed by atoms with Crippen molar-refractivity contribution in [2.75, 3.05) is 10.8 Å². The van der Waals surface area contributed by atoms with Gasteiger partial charge in [-0.3, -0.25) is 9.10 Å². The summed E-state index contributed by atoms with van der Waals surface area (Å²) in [6.45, 7) is 2.04. The molecule has 4 rings (SSSR count). The Bertz CT molecular complexity index is 1240. The van der Waals surface area contributed by atoms with Crippen LogP contribution in [0.2, 0.25) is 0 Å². The van der Waals surface area contributed by atoms with Crippen molar-refractivity contribution in [3.8, 4) is 0 Å². The summed E-state index contributed by atoms with van der Waals surface area (Å²) in [7, 11) is -3.78. The predicted octanol–water partition coefficient (Wildman–Crippen LogP) is 3.28. The molecule has 9 heteroatoms. The van der Waals surface area contributed by atoms with Crippen molar-refractivity contribution >= 4 is 27.6 Å². The molecule has 1 N–H and O–H groups in total. The fraction of sp³-hybridized carbons (Fsp3) is 0.250. The van der Waals surface area contributed by atoms with Crippen molar-refractivity contribution < 1.29 is 27.2 Å². The SMILES string of the molecule is CC(OC(=O)c1ccc(S(=O)(=O)N2CCCc3ccccc32)cc1)C(=O)NCc1ccco1. The number of fused-ring (bicyclic) bond motifs is 1. The summed E-state index contributed by atoms with van der Waals surface area (Å²) in [6.07, 6.45) is 2.04. The number of ether oxygens (including phenoxy) is 1. The number of esters is 1. The fourth-order valence-corrected chi connectivity index (χ4v) is 5.19. The number of aryl methyl sites for hydroxylation is 1. The molecule has 0 bridgehead atoms. The molecule has 0 saturated heterocycles. The average Bonchev–Trinajstić information content (AvgIpc) is 3.36. The Balaban J connectivity index is 1.41. The van der Waals surface area contributed by atoms with E-state index in [1.807, 2.05) is 18.2 Å². The second-order valence-electron chi connectivity index (χ2n) is 7.68. The highest BCUT2D eigenvalue weighted by atomic mass is 32.2. The Hall–Kier alpha value is -3.59. The van der Waals surface area contributed by atoms with E-state index in [1.165, 1.54) is 41.8 Å². The van der Waals surface area contributed by atoms with Crippen LogP contribution in [0.15, 0.2) is 76.2 Å². The van der Waals surface area contributed by atoms with Gasteiger partial charge in [-0.1, -0.05) is 18.2 Å². The molecule has 0 fully saturated rings. The summed E-state index contributed by atoms with van der Waals surface area (Å²) in [6, 6.07) is 16.4. The molecule has 0 spiro atoms. The zero-order valence-electron chi connectivity index (χ0n) is 18.1. The molecule has 2 heterocycles. The molecule has 1 aromatic heterocycles. The Morgan fingerprint density at radius 2 is 1.85 bits per heavy atom. The van der Waals surface area contributed by atoms with Gasteiger partial charge in [-0.05, 0) is 67.8 Å². The zero-order valence-corrected chi connectivity index (χ0v) is 18.9. The predicted molar refractivity (Wildman–Crippen MR) is 121 cm³/mol. The normalized spacial score (nSPS) is 14.3. The quantitative estimate of drug-likeness (QED) is 0.534. The molecule has 1 aliphatic rings. The van der Waals surface area contributed by atoms with Gasteiger partial charge in [0.2, 0.25) is 0 Å². The van der Waals surface area contributed by atoms with Gasteiger partial charge in [0, 0.05) is 6.54 Å². The maximum atomic E-state index is 13.2. The number of carbonyl (C=O) groups is 2. The molecule has 0 radical (unpaired) electrons. The first kappa shape index (κ1) is 22.6. The highest BCUT2D eigenvalue weighted by molar-refractivity contribution is 7.92. The van der Waals surface area contributed by atoms with E-state index in [4.69, 9.17) is 9.15 Å². The molecule has 1 atom stereocenters. The summed E-state index contributed by atoms with van der Waals surface area (Å²) in [5.41, 5.74) is 1.83. The maximum Gasteiger partial charge on any atom is 0.338 e. The van der Waals surface area contributed by atoms with Crippen LogP contribution in [0, 0.1) is 0 Å². The van der Waals surface area contributed by atoms with E-state index in [1.54, 1.807) is 18.2 Å². The molecule has 0 aliphatic carbocycles. The van der Waals surface area contributed by atoms with Gasteiger partial charge in [0.05, 0.1) is 29.0 Å². The van der Waals surface area contributed by atoms with Crippen LogP contribution in [0.5, 0.6) is 0 Å². The van der Waals surface area contributed by atoms with Crippen LogP contribution in [-0.4, -0.2) is 32.9 Å². The summed E-state index contributed by atoms with van der Waals surface area (Å²) >= 11 is 0. The first-order valence-electron chi connectivity index (χ1n) is 10.6. The molecule has 1 unspecified atom stereocenters. The third-order valence-electron chi connectivity index (χ3n) is 5.42. The Morgan fingerprint density at radius 3 is 2.58 bits per heavy atom. The van der Waals surface area contributed by atoms with Crippen LogP contribution < -0.4 is 9.62 Å². The second-order valence-corrected chi connectivity index (χ2v) is 9.54. The summed E-state index contributed by atoms with van der Waals surface area (Å²) in [5, 5.41) is 2.62. The Kier molecular flexibility index (Phi) is 6.50. The lowest BCUT2D eigenvalue weighted by atomic mass is 10.0. The van der Waals surface area contributed by atoms with Gasteiger partial charge in [0.15, 0.2) is 6.10 Å². The number of hydrogen-bond acceptors (Lipinski definition) is 6. The fourth-order valence-electron chi connectivity index (χ4n) is 3.65. The largest absolute Gasteiger partial charge is 0.467 e. The van der Waals surface area contributed by atoms with Gasteiger partial charge in [-0.2, -0.15) is 0 Å². The van der Waals surface area contributed by atoms with E-state index in [0.717, 1.165) is 18.4 Å². The van der Waals surface area contributed by atoms with Gasteiger partial charge in [0.25, 0.3) is 15.9 Å². The van der Waals surface area contributed by atoms with E-state index in [2.05, 4.69) is 5.32 Å². The van der Waals surface area contributed by atoms with E-state index in [9.17, 15) is 18.0 Å². The Morgan fingerprint density at radius 1 is 1.09 bits per heavy atom. The van der Waals surface area contributed by atoms with Crippen molar-refractivity contribution in [1.82, 2.24) is 5.32 Å². The van der Waals surface area contributed by atoms with Gasteiger partial charge < -0.3 is 14.5 Å². The average molecular weight is 469 g/mol. The van der Waals surface area contributed by atoms with Crippen LogP contribution in [0.3, 0.4) is 0 Å². The third kappa shape index (κ3) is 4.93. The number of carbonyl (C=O) groups excluding carboxylic acids is 2. The summed E-state index contributed by atoms with van der Waals surface area (Å²) < 4.78 is 38.2. The number of amides is 1. The minimum Gasteiger partial charge on any atom is -0.467 e. The van der Waals surface area contributed by atoms with Gasteiger partial charge >= 0.3 is 5.97 Å². The maximum absolute atomic E-state index is 13.2. The number of sulfonamides is 1. The molecule has 1 amide bonds. The smallest absolute Gasteiger partial charge is 0.338 e. The van der Waals surface area contributed by atoms with Gasteiger partial charge in [-0.15, -0.1) is 0 Å². The van der Waals surface area contributed by atoms with Crippen LogP contribution in [0.1, 0.15) is 35.0 Å². The monoisotopic (exact) mass is 468 g/mol. The molecular formula is C24H24N2O6S. The van der Waals surface area contributed by atoms with Crippen molar-refractivity contribution in [3.05, 3.63) is 83.8 Å². The molecule has 172 valence electrons. The second kappa shape index (κ2) is 9.50. The first-order chi connectivity index (χ1) is 15.9. The molecule has 0 saturated carbocycles. The number of nitrogens with zero attached hydrogens (tertiary/aromatic N) is 1. The number of nitrogens with one attached hydrogen (secondary N) is 1. The highest BCUT2D eigenvalue weighted by Crippen LogP contribution is 2.31. The first-order valence-corrected chi connectivity index (χ1v) is 12.0. The number of rotatable bonds is 7. The van der Waals surface area contributed by atoms with Crippen LogP contribution in [0.25, 0.3) is 0 Å². The van der Waals surface area contributed by atoms with Crippen LogP contribution >= 0.6 is 0 Å². The lowest BCUT2D eigenvalue weighted by molar-refractivity contribution is -0.129. The van der Waals surface area contributed by atoms with Gasteiger partial charge in [0.1, 0.15) is 5.76 Å². The molecule has 8 nitrogen and oxygen atoms in total. The number of benzene rings is 2. The molecule has 1 aliphatic heterocycles. The summed E-state index contributed by atoms with van der Waals surface area (Å²) in [5.74, 6) is -0.611. The number of furan rings is 1. The van der Waals surface area contributed by atoms with E-state index in [0.29, 0.717) is 18.0 Å². The topological polar surface area (TPSA) is 106 Å². The van der Waals surface area contributed by atoms with E-state index >= 15 is 0 Å². The molecular weight excluding hydrogens is 444 g/mol. The van der Waals surface area contributed by atoms with Crippen molar-refractivity contribution in [3.63, 3.8) is 0 Å². The van der Waals surface area contributed by atoms with Gasteiger partial charge in [-0.25, -0.2) is 13.2 Å². The minimum absolute atomic E-state index is 0.0833. The molecule has 2 aromatic carbocycles. The Labute approximate surface area is 192 Å². The van der Waals surface area contributed by atoms with Crippen molar-refractivity contribution in [1.29, 1.82) is 0 Å². The number of hydrogen-bond donors (Lipinski definition) is 1. The van der Waals surface area contributed by atoms with Crippen LogP contribution in [0.4, 0.5) is 5.69 Å². The molecule has 3 aromatic rings. The van der Waals surface area contributed by atoms with Crippen LogP contribution in [-0.2, 0) is 32.5 Å². The van der Waals surface area contributed by atoms with E-state index < -0.39 is 28.0 Å². The highest BCUT2D eigenvalue weighted by Gasteiger charge is 2.29. The standard InChI is InChI=1S/C24H24N2O6S/c1-17(23(27)25-16-20-8-5-15-31-20)32-24(28)19-10-12-21(13-11-19)33(29,30)26-14-4-7-18-6-2-3-9-22(18)26/h2-3,5-6,8-13,15,17H,4,7,14,16H2,1H3,(H,25,27). The lowest BCUT2D eigenvalue weighted by Crippen LogP contribution is -2.35. The molecule has 33 heavy (non-hydrogen) atoms. The zero-order chi connectivity index (χ0) is 23.4.